The number of pyridine rings is 1. The van der Waals surface area contributed by atoms with Gasteiger partial charge < -0.3 is 10.1 Å². The Morgan fingerprint density at radius 1 is 1.36 bits per heavy atom. The highest BCUT2D eigenvalue weighted by atomic mass is 35.5. The maximum Gasteiger partial charge on any atom is 0.410 e. The van der Waals surface area contributed by atoms with Crippen molar-refractivity contribution in [3.8, 4) is 0 Å². The van der Waals surface area contributed by atoms with E-state index in [1.807, 2.05) is 0 Å². The van der Waals surface area contributed by atoms with Crippen molar-refractivity contribution in [1.29, 1.82) is 0 Å². The summed E-state index contributed by atoms with van der Waals surface area (Å²) < 4.78 is 5.33. The molecular formula is C17H22ClN3O4. The van der Waals surface area contributed by atoms with E-state index in [-0.39, 0.29) is 18.2 Å². The highest BCUT2D eigenvalue weighted by Gasteiger charge is 2.36. The maximum atomic E-state index is 12.4. The van der Waals surface area contributed by atoms with E-state index in [4.69, 9.17) is 16.3 Å². The highest BCUT2D eigenvalue weighted by molar-refractivity contribution is 6.29. The lowest BCUT2D eigenvalue weighted by atomic mass is 10.1. The number of rotatable bonds is 4. The molecule has 0 saturated carbocycles. The topological polar surface area (TPSA) is 88.6 Å². The number of amides is 2. The van der Waals surface area contributed by atoms with Gasteiger partial charge >= 0.3 is 6.09 Å². The quantitative estimate of drug-likeness (QED) is 0.652. The van der Waals surface area contributed by atoms with E-state index in [2.05, 4.69) is 10.3 Å². The van der Waals surface area contributed by atoms with Crippen LogP contribution in [-0.2, 0) is 9.53 Å². The number of aromatic nitrogens is 1. The van der Waals surface area contributed by atoms with E-state index in [1.165, 1.54) is 17.2 Å². The van der Waals surface area contributed by atoms with Crippen LogP contribution in [0.4, 0.5) is 4.79 Å². The van der Waals surface area contributed by atoms with Crippen LogP contribution in [0.1, 0.15) is 44.0 Å². The van der Waals surface area contributed by atoms with Crippen molar-refractivity contribution in [1.82, 2.24) is 15.2 Å². The van der Waals surface area contributed by atoms with Crippen LogP contribution in [0.3, 0.4) is 0 Å². The van der Waals surface area contributed by atoms with Gasteiger partial charge in [0.15, 0.2) is 5.78 Å². The first-order valence-electron chi connectivity index (χ1n) is 8.09. The molecule has 0 aromatic carbocycles. The molecule has 7 nitrogen and oxygen atoms in total. The SMILES string of the molecule is CC(C)(C)OC(=O)N1CCC[C@H]1C(=O)NCC(=O)c1ccc(Cl)nc1. The van der Waals surface area contributed by atoms with Crippen molar-refractivity contribution < 1.29 is 19.1 Å². The van der Waals surface area contributed by atoms with Crippen molar-refractivity contribution in [2.45, 2.75) is 45.3 Å². The van der Waals surface area contributed by atoms with Crippen molar-refractivity contribution in [2.24, 2.45) is 0 Å². The second kappa shape index (κ2) is 7.82. The summed E-state index contributed by atoms with van der Waals surface area (Å²) in [5.74, 6) is -0.641. The third-order valence-corrected chi connectivity index (χ3v) is 3.88. The van der Waals surface area contributed by atoms with Gasteiger partial charge in [0, 0.05) is 18.3 Å². The first-order valence-corrected chi connectivity index (χ1v) is 8.47. The Morgan fingerprint density at radius 2 is 2.08 bits per heavy atom. The van der Waals surface area contributed by atoms with Gasteiger partial charge in [-0.15, -0.1) is 0 Å². The molecule has 0 aliphatic carbocycles. The molecule has 136 valence electrons. The summed E-state index contributed by atoms with van der Waals surface area (Å²) in [6, 6.07) is 2.44. The second-order valence-corrected chi connectivity index (χ2v) is 7.23. The Morgan fingerprint density at radius 3 is 2.68 bits per heavy atom. The zero-order valence-corrected chi connectivity index (χ0v) is 15.3. The van der Waals surface area contributed by atoms with Gasteiger partial charge in [0.05, 0.1) is 6.54 Å². The lowest BCUT2D eigenvalue weighted by Gasteiger charge is -2.28. The first-order chi connectivity index (χ1) is 11.7. The van der Waals surface area contributed by atoms with Crippen LogP contribution >= 0.6 is 11.6 Å². The van der Waals surface area contributed by atoms with Crippen LogP contribution < -0.4 is 5.32 Å². The van der Waals surface area contributed by atoms with Crippen LogP contribution in [-0.4, -0.2) is 52.4 Å². The highest BCUT2D eigenvalue weighted by Crippen LogP contribution is 2.21. The largest absolute Gasteiger partial charge is 0.444 e. The summed E-state index contributed by atoms with van der Waals surface area (Å²) in [5.41, 5.74) is -0.266. The van der Waals surface area contributed by atoms with E-state index in [9.17, 15) is 14.4 Å². The Hall–Kier alpha value is -2.15. The maximum absolute atomic E-state index is 12.4. The van der Waals surface area contributed by atoms with Crippen molar-refractivity contribution >= 4 is 29.4 Å². The number of hydrogen-bond acceptors (Lipinski definition) is 5. The fraction of sp³-hybridized carbons (Fsp3) is 0.529. The number of likely N-dealkylation sites (tertiary alicyclic amines) is 1. The van der Waals surface area contributed by atoms with E-state index in [0.29, 0.717) is 30.1 Å². The van der Waals surface area contributed by atoms with Gasteiger partial charge in [0.1, 0.15) is 16.8 Å². The second-order valence-electron chi connectivity index (χ2n) is 6.84. The number of ketones is 1. The predicted molar refractivity (Wildman–Crippen MR) is 92.5 cm³/mol. The smallest absolute Gasteiger partial charge is 0.410 e. The summed E-state index contributed by atoms with van der Waals surface area (Å²) in [6.07, 6.45) is 2.10. The van der Waals surface area contributed by atoms with Gasteiger partial charge in [-0.2, -0.15) is 0 Å². The monoisotopic (exact) mass is 367 g/mol. The fourth-order valence-electron chi connectivity index (χ4n) is 2.51. The molecule has 8 heteroatoms. The van der Waals surface area contributed by atoms with E-state index >= 15 is 0 Å². The van der Waals surface area contributed by atoms with Crippen molar-refractivity contribution in [2.75, 3.05) is 13.1 Å². The molecule has 25 heavy (non-hydrogen) atoms. The molecule has 0 unspecified atom stereocenters. The van der Waals surface area contributed by atoms with Crippen molar-refractivity contribution in [3.63, 3.8) is 0 Å². The van der Waals surface area contributed by atoms with Crippen LogP contribution in [0.25, 0.3) is 0 Å². The third kappa shape index (κ3) is 5.42. The Kier molecular flexibility index (Phi) is 6.00. The predicted octanol–water partition coefficient (Wildman–Crippen LogP) is 2.43. The van der Waals surface area contributed by atoms with Crippen LogP contribution in [0, 0.1) is 0 Å². The van der Waals surface area contributed by atoms with Crippen molar-refractivity contribution in [3.05, 3.63) is 29.0 Å². The molecule has 1 aliphatic rings. The molecule has 1 fully saturated rings. The lowest BCUT2D eigenvalue weighted by Crippen LogP contribution is -2.48. The van der Waals surface area contributed by atoms with Crippen LogP contribution in [0.2, 0.25) is 5.15 Å². The Labute approximate surface area is 151 Å². The molecule has 1 saturated heterocycles. The van der Waals surface area contributed by atoms with E-state index < -0.39 is 17.7 Å². The zero-order valence-electron chi connectivity index (χ0n) is 14.5. The van der Waals surface area contributed by atoms with Gasteiger partial charge in [-0.1, -0.05) is 11.6 Å². The number of hydrogen-bond donors (Lipinski definition) is 1. The molecule has 2 heterocycles. The normalized spacial score (nSPS) is 17.3. The van der Waals surface area contributed by atoms with Crippen LogP contribution in [0.15, 0.2) is 18.3 Å². The summed E-state index contributed by atoms with van der Waals surface area (Å²) in [7, 11) is 0. The van der Waals surface area contributed by atoms with E-state index in [0.717, 1.165) is 0 Å². The summed E-state index contributed by atoms with van der Waals surface area (Å²) >= 11 is 5.68. The number of nitrogens with one attached hydrogen (secondary N) is 1. The number of ether oxygens (including phenoxy) is 1. The molecule has 0 radical (unpaired) electrons. The molecule has 1 aliphatic heterocycles. The molecule has 1 N–H and O–H groups in total. The van der Waals surface area contributed by atoms with Gasteiger partial charge in [-0.3, -0.25) is 14.5 Å². The fourth-order valence-corrected chi connectivity index (χ4v) is 2.62. The molecule has 2 amide bonds. The summed E-state index contributed by atoms with van der Waals surface area (Å²) in [6.45, 7) is 5.61. The van der Waals surface area contributed by atoms with E-state index in [1.54, 1.807) is 26.8 Å². The number of nitrogens with zero attached hydrogens (tertiary/aromatic N) is 2. The standard InChI is InChI=1S/C17H22ClN3O4/c1-17(2,3)25-16(24)21-8-4-5-12(21)15(23)20-10-13(22)11-6-7-14(18)19-9-11/h6-7,9,12H,4-5,8,10H2,1-3H3,(H,20,23)/t12-/m0/s1. The molecular weight excluding hydrogens is 346 g/mol. The number of carbonyl (C=O) groups is 3. The number of halogens is 1. The Balaban J connectivity index is 1.92. The average Bonchev–Trinajstić information content (AvgIpc) is 3.01. The van der Waals surface area contributed by atoms with Gasteiger partial charge in [-0.05, 0) is 45.7 Å². The molecule has 1 atom stereocenters. The summed E-state index contributed by atoms with van der Waals surface area (Å²) in [4.78, 5) is 41.9. The van der Waals surface area contributed by atoms with Gasteiger partial charge in [0.25, 0.3) is 0 Å². The molecule has 1 aromatic rings. The zero-order chi connectivity index (χ0) is 18.6. The third-order valence-electron chi connectivity index (χ3n) is 3.66. The molecule has 0 bridgehead atoms. The Bertz CT molecular complexity index is 655. The van der Waals surface area contributed by atoms with Gasteiger partial charge in [0.2, 0.25) is 5.91 Å². The minimum absolute atomic E-state index is 0.166. The molecule has 2 rings (SSSR count). The molecule has 0 spiro atoms. The average molecular weight is 368 g/mol. The summed E-state index contributed by atoms with van der Waals surface area (Å²) in [5, 5.41) is 2.88. The number of carbonyl (C=O) groups excluding carboxylic acids is 3. The first kappa shape index (κ1) is 19.2. The molecule has 1 aromatic heterocycles. The number of Topliss-reactive ketones (excluding diaryl/α,β-unsaturated/α-hetero) is 1. The van der Waals surface area contributed by atoms with Crippen LogP contribution in [0.5, 0.6) is 0 Å². The van der Waals surface area contributed by atoms with Gasteiger partial charge in [-0.25, -0.2) is 9.78 Å². The minimum atomic E-state index is -0.627. The lowest BCUT2D eigenvalue weighted by molar-refractivity contribution is -0.125. The minimum Gasteiger partial charge on any atom is -0.444 e.